The SMILES string of the molecule is [C]1=C(C2=C(C(c3ccccc3)c3ccccc3)C=CC2)C=CC1. The summed E-state index contributed by atoms with van der Waals surface area (Å²) in [4.78, 5) is 0. The number of hydrogen-bond donors (Lipinski definition) is 0. The Balaban J connectivity index is 1.87. The zero-order valence-electron chi connectivity index (χ0n) is 13.1. The van der Waals surface area contributed by atoms with Crippen molar-refractivity contribution in [1.29, 1.82) is 0 Å². The summed E-state index contributed by atoms with van der Waals surface area (Å²) in [6, 6.07) is 21.6. The normalized spacial score (nSPS) is 16.5. The molecule has 0 N–H and O–H groups in total. The molecule has 0 heterocycles. The average molecular weight is 295 g/mol. The second kappa shape index (κ2) is 6.26. The molecule has 2 aliphatic rings. The summed E-state index contributed by atoms with van der Waals surface area (Å²) in [5, 5.41) is 0. The molecule has 0 heteroatoms. The van der Waals surface area contributed by atoms with Gasteiger partial charge in [-0.25, -0.2) is 0 Å². The molecular weight excluding hydrogens is 276 g/mol. The smallest absolute Gasteiger partial charge is 0.0342 e. The van der Waals surface area contributed by atoms with E-state index >= 15 is 0 Å². The molecule has 0 bridgehead atoms. The molecule has 23 heavy (non-hydrogen) atoms. The minimum Gasteiger partial charge on any atom is -0.0798 e. The van der Waals surface area contributed by atoms with Gasteiger partial charge in [-0.15, -0.1) is 0 Å². The topological polar surface area (TPSA) is 0 Å². The second-order valence-electron chi connectivity index (χ2n) is 5.99. The van der Waals surface area contributed by atoms with Crippen LogP contribution in [-0.2, 0) is 0 Å². The molecule has 111 valence electrons. The molecule has 0 saturated carbocycles. The molecule has 0 fully saturated rings. The predicted octanol–water partition coefficient (Wildman–Crippen LogP) is 5.76. The van der Waals surface area contributed by atoms with Gasteiger partial charge in [0.05, 0.1) is 0 Å². The maximum absolute atomic E-state index is 3.49. The lowest BCUT2D eigenvalue weighted by Gasteiger charge is -2.21. The van der Waals surface area contributed by atoms with E-state index in [-0.39, 0.29) is 5.92 Å². The maximum Gasteiger partial charge on any atom is 0.0342 e. The Morgan fingerprint density at radius 3 is 1.96 bits per heavy atom. The highest BCUT2D eigenvalue weighted by Crippen LogP contribution is 2.40. The van der Waals surface area contributed by atoms with Gasteiger partial charge in [0.15, 0.2) is 0 Å². The Morgan fingerprint density at radius 2 is 1.39 bits per heavy atom. The van der Waals surface area contributed by atoms with Crippen molar-refractivity contribution in [2.45, 2.75) is 18.8 Å². The fourth-order valence-corrected chi connectivity index (χ4v) is 3.51. The van der Waals surface area contributed by atoms with Crippen LogP contribution in [0, 0.1) is 6.08 Å². The van der Waals surface area contributed by atoms with Crippen molar-refractivity contribution in [3.63, 3.8) is 0 Å². The Labute approximate surface area is 138 Å². The molecule has 0 aromatic heterocycles. The summed E-state index contributed by atoms with van der Waals surface area (Å²) in [5.41, 5.74) is 6.82. The fraction of sp³-hybridized carbons (Fsp3) is 0.130. The lowest BCUT2D eigenvalue weighted by Crippen LogP contribution is -2.05. The fourth-order valence-electron chi connectivity index (χ4n) is 3.51. The van der Waals surface area contributed by atoms with Crippen LogP contribution < -0.4 is 0 Å². The molecule has 2 aromatic rings. The van der Waals surface area contributed by atoms with E-state index in [4.69, 9.17) is 0 Å². The van der Waals surface area contributed by atoms with E-state index in [1.807, 2.05) is 0 Å². The minimum atomic E-state index is 0.287. The van der Waals surface area contributed by atoms with Crippen LogP contribution in [0.25, 0.3) is 0 Å². The van der Waals surface area contributed by atoms with E-state index in [1.54, 1.807) is 0 Å². The molecular formula is C23H19. The standard InChI is InChI=1S/C23H19/c1-3-12-19(13-4-1)23(20-14-5-2-6-15-20)22-17-9-16-21(22)18-10-7-8-11-18/h1-7,9-10,12-15,17,23H,8,16H2. The average Bonchev–Trinajstić information content (AvgIpc) is 3.28. The number of benzene rings is 2. The highest BCUT2D eigenvalue weighted by molar-refractivity contribution is 5.57. The number of rotatable bonds is 4. The summed E-state index contributed by atoms with van der Waals surface area (Å²) < 4.78 is 0. The molecule has 2 aliphatic carbocycles. The summed E-state index contributed by atoms with van der Waals surface area (Å²) in [6.07, 6.45) is 14.4. The molecule has 0 nitrogen and oxygen atoms in total. The van der Waals surface area contributed by atoms with Crippen LogP contribution in [0.5, 0.6) is 0 Å². The lowest BCUT2D eigenvalue weighted by atomic mass is 9.82. The van der Waals surface area contributed by atoms with E-state index in [0.717, 1.165) is 12.8 Å². The Kier molecular flexibility index (Phi) is 3.81. The Hall–Kier alpha value is -2.60. The number of allylic oxidation sites excluding steroid dienone is 8. The highest BCUT2D eigenvalue weighted by Gasteiger charge is 2.24. The van der Waals surface area contributed by atoms with E-state index in [2.05, 4.69) is 91.0 Å². The van der Waals surface area contributed by atoms with Gasteiger partial charge >= 0.3 is 0 Å². The van der Waals surface area contributed by atoms with Crippen molar-refractivity contribution < 1.29 is 0 Å². The van der Waals surface area contributed by atoms with Crippen LogP contribution in [0.4, 0.5) is 0 Å². The van der Waals surface area contributed by atoms with E-state index in [1.165, 1.54) is 27.8 Å². The third-order valence-electron chi connectivity index (χ3n) is 4.56. The monoisotopic (exact) mass is 295 g/mol. The largest absolute Gasteiger partial charge is 0.0798 e. The maximum atomic E-state index is 3.49. The third-order valence-corrected chi connectivity index (χ3v) is 4.56. The van der Waals surface area contributed by atoms with Gasteiger partial charge in [0, 0.05) is 5.92 Å². The van der Waals surface area contributed by atoms with Crippen LogP contribution in [0.3, 0.4) is 0 Å². The summed E-state index contributed by atoms with van der Waals surface area (Å²) in [5.74, 6) is 0.287. The van der Waals surface area contributed by atoms with Crippen LogP contribution in [0.15, 0.2) is 102 Å². The Morgan fingerprint density at radius 1 is 0.739 bits per heavy atom. The Bertz CT molecular complexity index is 762. The molecule has 1 radical (unpaired) electrons. The van der Waals surface area contributed by atoms with Crippen molar-refractivity contribution in [2.24, 2.45) is 0 Å². The lowest BCUT2D eigenvalue weighted by molar-refractivity contribution is 0.964. The van der Waals surface area contributed by atoms with Crippen LogP contribution in [0.1, 0.15) is 29.9 Å². The van der Waals surface area contributed by atoms with Crippen molar-refractivity contribution in [3.05, 3.63) is 119 Å². The first-order chi connectivity index (χ1) is 11.4. The zero-order chi connectivity index (χ0) is 15.5. The third kappa shape index (κ3) is 2.73. The second-order valence-corrected chi connectivity index (χ2v) is 5.99. The van der Waals surface area contributed by atoms with Crippen molar-refractivity contribution >= 4 is 0 Å². The van der Waals surface area contributed by atoms with Gasteiger partial charge in [-0.1, -0.05) is 85.0 Å². The zero-order valence-corrected chi connectivity index (χ0v) is 13.1. The van der Waals surface area contributed by atoms with E-state index in [9.17, 15) is 0 Å². The van der Waals surface area contributed by atoms with Gasteiger partial charge in [-0.05, 0) is 46.8 Å². The number of hydrogen-bond acceptors (Lipinski definition) is 0. The molecule has 0 amide bonds. The van der Waals surface area contributed by atoms with E-state index < -0.39 is 0 Å². The first-order valence-electron chi connectivity index (χ1n) is 8.21. The molecule has 0 spiro atoms. The van der Waals surface area contributed by atoms with Crippen molar-refractivity contribution in [3.8, 4) is 0 Å². The first kappa shape index (κ1) is 14.0. The van der Waals surface area contributed by atoms with Crippen LogP contribution in [0.2, 0.25) is 0 Å². The summed E-state index contributed by atoms with van der Waals surface area (Å²) >= 11 is 0. The van der Waals surface area contributed by atoms with Gasteiger partial charge in [-0.2, -0.15) is 0 Å². The minimum absolute atomic E-state index is 0.287. The van der Waals surface area contributed by atoms with Crippen molar-refractivity contribution in [2.75, 3.05) is 0 Å². The van der Waals surface area contributed by atoms with Crippen LogP contribution >= 0.6 is 0 Å². The van der Waals surface area contributed by atoms with Crippen LogP contribution in [-0.4, -0.2) is 0 Å². The quantitative estimate of drug-likeness (QED) is 0.672. The van der Waals surface area contributed by atoms with E-state index in [0.29, 0.717) is 0 Å². The molecule has 2 aromatic carbocycles. The summed E-state index contributed by atoms with van der Waals surface area (Å²) in [7, 11) is 0. The summed E-state index contributed by atoms with van der Waals surface area (Å²) in [6.45, 7) is 0. The van der Waals surface area contributed by atoms with Gasteiger partial charge in [0.25, 0.3) is 0 Å². The van der Waals surface area contributed by atoms with Gasteiger partial charge in [0.1, 0.15) is 0 Å². The van der Waals surface area contributed by atoms with Crippen molar-refractivity contribution in [1.82, 2.24) is 0 Å². The van der Waals surface area contributed by atoms with Gasteiger partial charge in [0.2, 0.25) is 0 Å². The molecule has 0 saturated heterocycles. The molecule has 0 aliphatic heterocycles. The predicted molar refractivity (Wildman–Crippen MR) is 96.0 cm³/mol. The van der Waals surface area contributed by atoms with Gasteiger partial charge in [-0.3, -0.25) is 0 Å². The molecule has 0 atom stereocenters. The highest BCUT2D eigenvalue weighted by atomic mass is 14.3. The molecule has 0 unspecified atom stereocenters. The first-order valence-corrected chi connectivity index (χ1v) is 8.21. The molecule has 4 rings (SSSR count). The van der Waals surface area contributed by atoms with Gasteiger partial charge < -0.3 is 0 Å².